The van der Waals surface area contributed by atoms with E-state index in [4.69, 9.17) is 4.74 Å². The summed E-state index contributed by atoms with van der Waals surface area (Å²) in [6.45, 7) is 5.92. The Bertz CT molecular complexity index is 208. The average Bonchev–Trinajstić information content (AvgIpc) is 2.43. The van der Waals surface area contributed by atoms with E-state index in [0.29, 0.717) is 0 Å². The fraction of sp³-hybridized carbons (Fsp3) is 0.900. The minimum Gasteiger partial charge on any atom is -0.469 e. The summed E-state index contributed by atoms with van der Waals surface area (Å²) < 4.78 is 4.82. The monoisotopic (exact) mass is 200 g/mol. The van der Waals surface area contributed by atoms with Crippen LogP contribution in [0.15, 0.2) is 0 Å². The Kier molecular flexibility index (Phi) is 3.89. The predicted molar refractivity (Wildman–Crippen MR) is 55.1 cm³/mol. The van der Waals surface area contributed by atoms with Crippen LogP contribution >= 0.6 is 0 Å². The lowest BCUT2D eigenvalue weighted by atomic mass is 9.97. The molecule has 0 aromatic rings. The van der Waals surface area contributed by atoms with Crippen molar-refractivity contribution in [1.82, 2.24) is 10.2 Å². The molecule has 0 aromatic carbocycles. The number of ether oxygens (including phenoxy) is 1. The van der Waals surface area contributed by atoms with E-state index < -0.39 is 0 Å². The lowest BCUT2D eigenvalue weighted by molar-refractivity contribution is -0.146. The first-order chi connectivity index (χ1) is 6.61. The molecule has 0 spiro atoms. The van der Waals surface area contributed by atoms with Crippen LogP contribution in [0.1, 0.15) is 13.8 Å². The first kappa shape index (κ1) is 11.5. The molecule has 0 amide bonds. The molecule has 14 heavy (non-hydrogen) atoms. The third-order valence-corrected chi connectivity index (χ3v) is 3.07. The van der Waals surface area contributed by atoms with Crippen LogP contribution in [-0.4, -0.2) is 50.2 Å². The highest BCUT2D eigenvalue weighted by atomic mass is 16.5. The number of methoxy groups -OCH3 is 1. The van der Waals surface area contributed by atoms with Gasteiger partial charge >= 0.3 is 5.97 Å². The second-order valence-electron chi connectivity index (χ2n) is 3.89. The molecule has 4 heteroatoms. The van der Waals surface area contributed by atoms with E-state index in [1.807, 2.05) is 7.05 Å². The van der Waals surface area contributed by atoms with Gasteiger partial charge in [-0.25, -0.2) is 0 Å². The van der Waals surface area contributed by atoms with Gasteiger partial charge in [-0.2, -0.15) is 0 Å². The van der Waals surface area contributed by atoms with Crippen LogP contribution in [0.2, 0.25) is 0 Å². The summed E-state index contributed by atoms with van der Waals surface area (Å²) in [6, 6.07) is 0.485. The molecule has 1 aliphatic rings. The zero-order valence-electron chi connectivity index (χ0n) is 9.41. The number of carbonyl (C=O) groups is 1. The third kappa shape index (κ3) is 2.07. The Balaban J connectivity index is 2.70. The predicted octanol–water partition coefficient (Wildman–Crippen LogP) is 0.0876. The quantitative estimate of drug-likeness (QED) is 0.655. The molecule has 0 aromatic heterocycles. The van der Waals surface area contributed by atoms with Gasteiger partial charge in [0.15, 0.2) is 0 Å². The van der Waals surface area contributed by atoms with E-state index in [1.165, 1.54) is 7.11 Å². The van der Waals surface area contributed by atoms with Crippen LogP contribution in [0.25, 0.3) is 0 Å². The number of nitrogens with zero attached hydrogens (tertiary/aromatic N) is 1. The molecule has 82 valence electrons. The Hall–Kier alpha value is -0.610. The Morgan fingerprint density at radius 2 is 2.29 bits per heavy atom. The first-order valence-electron chi connectivity index (χ1n) is 5.13. The molecule has 0 radical (unpaired) electrons. The second kappa shape index (κ2) is 4.75. The van der Waals surface area contributed by atoms with Crippen molar-refractivity contribution in [3.63, 3.8) is 0 Å². The molecular weight excluding hydrogens is 180 g/mol. The van der Waals surface area contributed by atoms with Gasteiger partial charge in [0, 0.05) is 18.6 Å². The molecule has 1 aliphatic heterocycles. The molecule has 3 unspecified atom stereocenters. The summed E-state index contributed by atoms with van der Waals surface area (Å²) in [6.07, 6.45) is 0. The van der Waals surface area contributed by atoms with Crippen molar-refractivity contribution in [2.45, 2.75) is 25.9 Å². The number of hydrogen-bond acceptors (Lipinski definition) is 4. The lowest BCUT2D eigenvalue weighted by Crippen LogP contribution is -2.41. The highest BCUT2D eigenvalue weighted by Gasteiger charge is 2.42. The van der Waals surface area contributed by atoms with E-state index in [1.54, 1.807) is 0 Å². The van der Waals surface area contributed by atoms with Crippen LogP contribution < -0.4 is 5.32 Å². The lowest BCUT2D eigenvalue weighted by Gasteiger charge is -2.20. The fourth-order valence-corrected chi connectivity index (χ4v) is 2.15. The average molecular weight is 200 g/mol. The third-order valence-electron chi connectivity index (χ3n) is 3.07. The molecule has 3 atom stereocenters. The van der Waals surface area contributed by atoms with Crippen molar-refractivity contribution in [2.24, 2.45) is 5.92 Å². The van der Waals surface area contributed by atoms with Crippen molar-refractivity contribution in [3.8, 4) is 0 Å². The summed E-state index contributed by atoms with van der Waals surface area (Å²) in [5.41, 5.74) is 0. The van der Waals surface area contributed by atoms with Gasteiger partial charge in [-0.05, 0) is 20.5 Å². The van der Waals surface area contributed by atoms with Crippen molar-refractivity contribution >= 4 is 5.97 Å². The number of nitrogens with one attached hydrogen (secondary N) is 1. The highest BCUT2D eigenvalue weighted by Crippen LogP contribution is 2.24. The summed E-state index contributed by atoms with van der Waals surface area (Å²) in [5.74, 6) is -0.141. The standard InChI is InChI=1S/C10H20N2O2/c1-5-11-8-6-12(3)7(2)9(8)10(13)14-4/h7-9,11H,5-6H2,1-4H3. The van der Waals surface area contributed by atoms with Crippen molar-refractivity contribution in [3.05, 3.63) is 0 Å². The molecule has 1 rings (SSSR count). The SMILES string of the molecule is CCNC1CN(C)C(C)C1C(=O)OC. The molecule has 0 bridgehead atoms. The maximum atomic E-state index is 11.6. The largest absolute Gasteiger partial charge is 0.469 e. The van der Waals surface area contributed by atoms with Crippen LogP contribution in [0.3, 0.4) is 0 Å². The van der Waals surface area contributed by atoms with Crippen LogP contribution in [0.4, 0.5) is 0 Å². The second-order valence-corrected chi connectivity index (χ2v) is 3.89. The molecule has 0 saturated carbocycles. The Labute approximate surface area is 85.6 Å². The molecule has 1 heterocycles. The summed E-state index contributed by atoms with van der Waals surface area (Å²) >= 11 is 0. The number of rotatable bonds is 3. The van der Waals surface area contributed by atoms with Gasteiger partial charge in [-0.3, -0.25) is 4.79 Å². The van der Waals surface area contributed by atoms with E-state index in [9.17, 15) is 4.79 Å². The number of likely N-dealkylation sites (N-methyl/N-ethyl adjacent to an activating group) is 2. The molecule has 0 aliphatic carbocycles. The Morgan fingerprint density at radius 3 is 2.79 bits per heavy atom. The number of carbonyl (C=O) groups excluding carboxylic acids is 1. The van der Waals surface area contributed by atoms with Gasteiger partial charge in [-0.1, -0.05) is 6.92 Å². The summed E-state index contributed by atoms with van der Waals surface area (Å²) in [5, 5.41) is 3.33. The van der Waals surface area contributed by atoms with E-state index in [-0.39, 0.29) is 24.0 Å². The number of likely N-dealkylation sites (tertiary alicyclic amines) is 1. The molecule has 1 N–H and O–H groups in total. The Morgan fingerprint density at radius 1 is 1.64 bits per heavy atom. The van der Waals surface area contributed by atoms with Crippen molar-refractivity contribution in [2.75, 3.05) is 27.2 Å². The molecular formula is C10H20N2O2. The zero-order valence-corrected chi connectivity index (χ0v) is 9.41. The van der Waals surface area contributed by atoms with E-state index in [0.717, 1.165) is 13.1 Å². The van der Waals surface area contributed by atoms with Gasteiger partial charge in [0.05, 0.1) is 13.0 Å². The van der Waals surface area contributed by atoms with Gasteiger partial charge in [-0.15, -0.1) is 0 Å². The smallest absolute Gasteiger partial charge is 0.311 e. The normalized spacial score (nSPS) is 33.3. The summed E-state index contributed by atoms with van der Waals surface area (Å²) in [7, 11) is 3.49. The first-order valence-corrected chi connectivity index (χ1v) is 5.13. The van der Waals surface area contributed by atoms with Gasteiger partial charge in [0.1, 0.15) is 0 Å². The number of esters is 1. The summed E-state index contributed by atoms with van der Waals surface area (Å²) in [4.78, 5) is 13.8. The van der Waals surface area contributed by atoms with Crippen molar-refractivity contribution in [1.29, 1.82) is 0 Å². The van der Waals surface area contributed by atoms with E-state index >= 15 is 0 Å². The topological polar surface area (TPSA) is 41.6 Å². The van der Waals surface area contributed by atoms with Crippen LogP contribution in [-0.2, 0) is 9.53 Å². The van der Waals surface area contributed by atoms with Crippen LogP contribution in [0.5, 0.6) is 0 Å². The molecule has 1 saturated heterocycles. The minimum absolute atomic E-state index is 0.0371. The van der Waals surface area contributed by atoms with Gasteiger partial charge < -0.3 is 15.0 Å². The molecule has 1 fully saturated rings. The zero-order chi connectivity index (χ0) is 10.7. The van der Waals surface area contributed by atoms with Crippen molar-refractivity contribution < 1.29 is 9.53 Å². The minimum atomic E-state index is -0.104. The molecule has 4 nitrogen and oxygen atoms in total. The maximum absolute atomic E-state index is 11.6. The fourth-order valence-electron chi connectivity index (χ4n) is 2.15. The van der Waals surface area contributed by atoms with E-state index in [2.05, 4.69) is 24.1 Å². The maximum Gasteiger partial charge on any atom is 0.311 e. The highest BCUT2D eigenvalue weighted by molar-refractivity contribution is 5.74. The number of hydrogen-bond donors (Lipinski definition) is 1. The van der Waals surface area contributed by atoms with Gasteiger partial charge in [0.25, 0.3) is 0 Å². The van der Waals surface area contributed by atoms with Gasteiger partial charge in [0.2, 0.25) is 0 Å². The van der Waals surface area contributed by atoms with Crippen LogP contribution in [0, 0.1) is 5.92 Å².